The molecule has 4 N–H and O–H groups in total. The van der Waals surface area contributed by atoms with Crippen molar-refractivity contribution in [1.29, 1.82) is 0 Å². The van der Waals surface area contributed by atoms with Crippen LogP contribution in [-0.2, 0) is 9.53 Å². The molecule has 7 heteroatoms. The zero-order valence-electron chi connectivity index (χ0n) is 11.8. The van der Waals surface area contributed by atoms with Gasteiger partial charge < -0.3 is 25.7 Å². The highest BCUT2D eigenvalue weighted by Crippen LogP contribution is 2.27. The number of amides is 1. The van der Waals surface area contributed by atoms with Crippen LogP contribution in [-0.4, -0.2) is 37.3 Å². The predicted octanol–water partition coefficient (Wildman–Crippen LogP) is 1.15. The number of benzene rings is 1. The average Bonchev–Trinajstić information content (AvgIpc) is 2.55. The number of carbonyl (C=O) groups excluding carboxylic acids is 1. The van der Waals surface area contributed by atoms with E-state index in [0.29, 0.717) is 30.2 Å². The van der Waals surface area contributed by atoms with Crippen LogP contribution in [0.15, 0.2) is 23.4 Å². The molecular formula is C14H19N3O4. The Kier molecular flexibility index (Phi) is 4.99. The number of ether oxygens (including phenoxy) is 2. The van der Waals surface area contributed by atoms with Crippen LogP contribution in [0.5, 0.6) is 5.75 Å². The van der Waals surface area contributed by atoms with Crippen LogP contribution < -0.4 is 15.8 Å². The standard InChI is InChI=1S/C14H19N3O4/c1-20-12-7-9(13(15)17-19)4-5-11(12)16-14(18)10-3-2-6-21-8-10/h4-5,7,10,19H,2-3,6,8H2,1H3,(H2,15,17)(H,16,18). The highest BCUT2D eigenvalue weighted by atomic mass is 16.5. The third-order valence-corrected chi connectivity index (χ3v) is 3.39. The van der Waals surface area contributed by atoms with Crippen LogP contribution in [0.1, 0.15) is 18.4 Å². The van der Waals surface area contributed by atoms with Crippen molar-refractivity contribution < 1.29 is 19.5 Å². The first-order chi connectivity index (χ1) is 10.2. The summed E-state index contributed by atoms with van der Waals surface area (Å²) in [5, 5.41) is 14.4. The number of rotatable bonds is 4. The molecule has 1 unspecified atom stereocenters. The summed E-state index contributed by atoms with van der Waals surface area (Å²) in [7, 11) is 1.49. The summed E-state index contributed by atoms with van der Waals surface area (Å²) in [6.45, 7) is 1.15. The predicted molar refractivity (Wildman–Crippen MR) is 77.7 cm³/mol. The first kappa shape index (κ1) is 15.1. The number of methoxy groups -OCH3 is 1. The third kappa shape index (κ3) is 3.63. The lowest BCUT2D eigenvalue weighted by Crippen LogP contribution is -2.30. The molecule has 1 aliphatic heterocycles. The number of anilines is 1. The van der Waals surface area contributed by atoms with Crippen molar-refractivity contribution in [3.63, 3.8) is 0 Å². The van der Waals surface area contributed by atoms with E-state index in [-0.39, 0.29) is 17.7 Å². The highest BCUT2D eigenvalue weighted by Gasteiger charge is 2.22. The van der Waals surface area contributed by atoms with Gasteiger partial charge in [0.2, 0.25) is 5.91 Å². The van der Waals surface area contributed by atoms with Gasteiger partial charge in [-0.1, -0.05) is 5.16 Å². The van der Waals surface area contributed by atoms with Gasteiger partial charge in [0, 0.05) is 12.2 Å². The number of nitrogens with one attached hydrogen (secondary N) is 1. The van der Waals surface area contributed by atoms with E-state index in [1.165, 1.54) is 7.11 Å². The van der Waals surface area contributed by atoms with Crippen molar-refractivity contribution in [2.45, 2.75) is 12.8 Å². The van der Waals surface area contributed by atoms with Gasteiger partial charge in [-0.25, -0.2) is 0 Å². The molecule has 1 fully saturated rings. The Morgan fingerprint density at radius 3 is 3.00 bits per heavy atom. The smallest absolute Gasteiger partial charge is 0.229 e. The van der Waals surface area contributed by atoms with Gasteiger partial charge in [0.1, 0.15) is 5.75 Å². The largest absolute Gasteiger partial charge is 0.495 e. The van der Waals surface area contributed by atoms with E-state index in [4.69, 9.17) is 20.4 Å². The minimum absolute atomic E-state index is 0.0214. The second-order valence-corrected chi connectivity index (χ2v) is 4.80. The Morgan fingerprint density at radius 1 is 1.57 bits per heavy atom. The molecule has 114 valence electrons. The van der Waals surface area contributed by atoms with Crippen LogP contribution in [0.4, 0.5) is 5.69 Å². The Morgan fingerprint density at radius 2 is 2.38 bits per heavy atom. The Labute approximate surface area is 122 Å². The molecule has 21 heavy (non-hydrogen) atoms. The Bertz CT molecular complexity index is 539. The van der Waals surface area contributed by atoms with Crippen molar-refractivity contribution in [3.8, 4) is 5.75 Å². The molecule has 2 rings (SSSR count). The molecule has 0 radical (unpaired) electrons. The number of amidine groups is 1. The van der Waals surface area contributed by atoms with Crippen molar-refractivity contribution in [1.82, 2.24) is 0 Å². The maximum Gasteiger partial charge on any atom is 0.229 e. The molecule has 1 atom stereocenters. The Balaban J connectivity index is 2.13. The zero-order valence-corrected chi connectivity index (χ0v) is 11.8. The van der Waals surface area contributed by atoms with Gasteiger partial charge in [-0.15, -0.1) is 0 Å². The van der Waals surface area contributed by atoms with Gasteiger partial charge >= 0.3 is 0 Å². The van der Waals surface area contributed by atoms with Gasteiger partial charge in [-0.2, -0.15) is 0 Å². The number of hydrogen-bond acceptors (Lipinski definition) is 5. The van der Waals surface area contributed by atoms with Gasteiger partial charge in [-0.05, 0) is 31.0 Å². The van der Waals surface area contributed by atoms with Crippen molar-refractivity contribution in [3.05, 3.63) is 23.8 Å². The van der Waals surface area contributed by atoms with Crippen molar-refractivity contribution in [2.75, 3.05) is 25.6 Å². The van der Waals surface area contributed by atoms with E-state index in [0.717, 1.165) is 12.8 Å². The molecular weight excluding hydrogens is 274 g/mol. The number of oxime groups is 1. The number of nitrogens with zero attached hydrogens (tertiary/aromatic N) is 1. The van der Waals surface area contributed by atoms with Crippen molar-refractivity contribution in [2.24, 2.45) is 16.8 Å². The van der Waals surface area contributed by atoms with Gasteiger partial charge in [-0.3, -0.25) is 4.79 Å². The van der Waals surface area contributed by atoms with Crippen LogP contribution >= 0.6 is 0 Å². The highest BCUT2D eigenvalue weighted by molar-refractivity contribution is 5.99. The zero-order chi connectivity index (χ0) is 15.2. The second-order valence-electron chi connectivity index (χ2n) is 4.80. The molecule has 0 aromatic heterocycles. The fourth-order valence-corrected chi connectivity index (χ4v) is 2.19. The maximum atomic E-state index is 12.2. The lowest BCUT2D eigenvalue weighted by atomic mass is 10.0. The fraction of sp³-hybridized carbons (Fsp3) is 0.429. The van der Waals surface area contributed by atoms with Crippen LogP contribution in [0.3, 0.4) is 0 Å². The lowest BCUT2D eigenvalue weighted by Gasteiger charge is -2.21. The fourth-order valence-electron chi connectivity index (χ4n) is 2.19. The third-order valence-electron chi connectivity index (χ3n) is 3.39. The summed E-state index contributed by atoms with van der Waals surface area (Å²) < 4.78 is 10.5. The molecule has 1 aromatic carbocycles. The molecule has 7 nitrogen and oxygen atoms in total. The summed E-state index contributed by atoms with van der Waals surface area (Å²) in [5.74, 6) is 0.188. The minimum Gasteiger partial charge on any atom is -0.495 e. The first-order valence-corrected chi connectivity index (χ1v) is 6.70. The quantitative estimate of drug-likeness (QED) is 0.334. The molecule has 1 saturated heterocycles. The topological polar surface area (TPSA) is 106 Å². The van der Waals surface area contributed by atoms with Gasteiger partial charge in [0.05, 0.1) is 25.3 Å². The first-order valence-electron chi connectivity index (χ1n) is 6.70. The van der Waals surface area contributed by atoms with Gasteiger partial charge in [0.25, 0.3) is 0 Å². The van der Waals surface area contributed by atoms with E-state index in [2.05, 4.69) is 10.5 Å². The van der Waals surface area contributed by atoms with E-state index < -0.39 is 0 Å². The minimum atomic E-state index is -0.146. The molecule has 1 aromatic rings. The van der Waals surface area contributed by atoms with Crippen LogP contribution in [0.25, 0.3) is 0 Å². The number of carbonyl (C=O) groups is 1. The molecule has 1 heterocycles. The monoisotopic (exact) mass is 293 g/mol. The van der Waals surface area contributed by atoms with E-state index >= 15 is 0 Å². The maximum absolute atomic E-state index is 12.2. The summed E-state index contributed by atoms with van der Waals surface area (Å²) in [6, 6.07) is 4.90. The Hall–Kier alpha value is -2.28. The van der Waals surface area contributed by atoms with Crippen LogP contribution in [0.2, 0.25) is 0 Å². The van der Waals surface area contributed by atoms with Gasteiger partial charge in [0.15, 0.2) is 5.84 Å². The molecule has 0 spiro atoms. The summed E-state index contributed by atoms with van der Waals surface area (Å²) in [4.78, 5) is 12.2. The molecule has 1 aliphatic rings. The SMILES string of the molecule is COc1cc(/C(N)=N/O)ccc1NC(=O)C1CCCOC1. The second kappa shape index (κ2) is 6.94. The van der Waals surface area contributed by atoms with E-state index in [1.54, 1.807) is 18.2 Å². The average molecular weight is 293 g/mol. The molecule has 0 saturated carbocycles. The molecule has 0 bridgehead atoms. The van der Waals surface area contributed by atoms with E-state index in [9.17, 15) is 4.79 Å². The molecule has 0 aliphatic carbocycles. The van der Waals surface area contributed by atoms with Crippen molar-refractivity contribution >= 4 is 17.4 Å². The lowest BCUT2D eigenvalue weighted by molar-refractivity contribution is -0.123. The summed E-state index contributed by atoms with van der Waals surface area (Å²) in [5.41, 5.74) is 6.58. The molecule has 1 amide bonds. The number of hydrogen-bond donors (Lipinski definition) is 3. The number of nitrogens with two attached hydrogens (primary N) is 1. The summed E-state index contributed by atoms with van der Waals surface area (Å²) >= 11 is 0. The van der Waals surface area contributed by atoms with E-state index in [1.807, 2.05) is 0 Å². The summed E-state index contributed by atoms with van der Waals surface area (Å²) in [6.07, 6.45) is 1.70. The van der Waals surface area contributed by atoms with Crippen LogP contribution in [0, 0.1) is 5.92 Å². The normalized spacial score (nSPS) is 19.1.